The molecule has 1 N–H and O–H groups in total. The molecular weight excluding hydrogens is 170 g/mol. The minimum Gasteiger partial charge on any atom is -0.413 e. The monoisotopic (exact) mass is 180 g/mol. The first-order valence-corrected chi connectivity index (χ1v) is 4.05. The average molecular weight is 180 g/mol. The molecule has 0 saturated heterocycles. The molecule has 0 radical (unpaired) electrons. The van der Waals surface area contributed by atoms with Gasteiger partial charge in [0.15, 0.2) is 0 Å². The third-order valence-corrected chi connectivity index (χ3v) is 1.96. The van der Waals surface area contributed by atoms with Gasteiger partial charge in [0.25, 0.3) is 0 Å². The molecule has 0 amide bonds. The summed E-state index contributed by atoms with van der Waals surface area (Å²) in [6.07, 6.45) is 1.98. The van der Waals surface area contributed by atoms with Gasteiger partial charge in [-0.05, 0) is 0 Å². The van der Waals surface area contributed by atoms with E-state index in [1.807, 2.05) is 6.07 Å². The number of carbonyl (C=O) groups is 1. The van der Waals surface area contributed by atoms with Crippen molar-refractivity contribution in [3.05, 3.63) is 18.0 Å². The van der Waals surface area contributed by atoms with Gasteiger partial charge in [-0.3, -0.25) is 0 Å². The summed E-state index contributed by atoms with van der Waals surface area (Å²) in [5, 5.41) is 7.26. The van der Waals surface area contributed by atoms with E-state index in [0.717, 1.165) is 24.3 Å². The summed E-state index contributed by atoms with van der Waals surface area (Å²) in [6, 6.07) is 1.83. The van der Waals surface area contributed by atoms with Gasteiger partial charge in [0, 0.05) is 28.8 Å². The lowest BCUT2D eigenvalue weighted by molar-refractivity contribution is -0.648. The van der Waals surface area contributed by atoms with Gasteiger partial charge < -0.3 is 10.1 Å². The zero-order chi connectivity index (χ0) is 9.26. The highest BCUT2D eigenvalue weighted by Gasteiger charge is 2.22. The Labute approximate surface area is 75.3 Å². The van der Waals surface area contributed by atoms with Crippen LogP contribution in [0.4, 0.5) is 10.5 Å². The minimum absolute atomic E-state index is 0.463. The topological polar surface area (TPSA) is 55.1 Å². The lowest BCUT2D eigenvalue weighted by Crippen LogP contribution is -2.46. The number of aromatic nitrogens is 2. The maximum absolute atomic E-state index is 11.1. The number of rotatable bonds is 0. The zero-order valence-electron chi connectivity index (χ0n) is 7.28. The highest BCUT2D eigenvalue weighted by Crippen LogP contribution is 2.16. The van der Waals surface area contributed by atoms with Crippen molar-refractivity contribution in [2.45, 2.75) is 6.42 Å². The van der Waals surface area contributed by atoms with E-state index in [2.05, 4.69) is 15.2 Å². The SMILES string of the molecule is COC(=O)[n+]1ccc2c(n1)CCN2. The molecule has 0 bridgehead atoms. The smallest absolute Gasteiger partial charge is 0.413 e. The predicted octanol–water partition coefficient (Wildman–Crippen LogP) is -0.0484. The summed E-state index contributed by atoms with van der Waals surface area (Å²) in [5.41, 5.74) is 1.91. The van der Waals surface area contributed by atoms with Crippen LogP contribution in [0.5, 0.6) is 0 Å². The fourth-order valence-electron chi connectivity index (χ4n) is 1.31. The van der Waals surface area contributed by atoms with Crippen molar-refractivity contribution < 1.29 is 14.2 Å². The second-order valence-electron chi connectivity index (χ2n) is 2.77. The van der Waals surface area contributed by atoms with E-state index in [1.165, 1.54) is 11.8 Å². The van der Waals surface area contributed by atoms with E-state index in [9.17, 15) is 4.79 Å². The van der Waals surface area contributed by atoms with Gasteiger partial charge in [0.05, 0.1) is 12.8 Å². The van der Waals surface area contributed by atoms with Crippen molar-refractivity contribution >= 4 is 11.8 Å². The number of ether oxygens (including phenoxy) is 1. The minimum atomic E-state index is -0.463. The molecule has 0 aromatic carbocycles. The van der Waals surface area contributed by atoms with Gasteiger partial charge in [-0.15, -0.1) is 0 Å². The van der Waals surface area contributed by atoms with Gasteiger partial charge >= 0.3 is 6.09 Å². The highest BCUT2D eigenvalue weighted by molar-refractivity contribution is 5.57. The van der Waals surface area contributed by atoms with Gasteiger partial charge in [0.1, 0.15) is 5.69 Å². The Morgan fingerprint density at radius 2 is 2.62 bits per heavy atom. The quantitative estimate of drug-likeness (QED) is 0.569. The van der Waals surface area contributed by atoms with Crippen LogP contribution in [0.15, 0.2) is 12.3 Å². The summed E-state index contributed by atoms with van der Waals surface area (Å²) in [4.78, 5) is 11.1. The first kappa shape index (κ1) is 7.97. The van der Waals surface area contributed by atoms with Crippen LogP contribution in [0.1, 0.15) is 5.69 Å². The van der Waals surface area contributed by atoms with Crippen LogP contribution in [-0.4, -0.2) is 24.8 Å². The fraction of sp³-hybridized carbons (Fsp3) is 0.375. The van der Waals surface area contributed by atoms with Gasteiger partial charge in [-0.1, -0.05) is 0 Å². The Hall–Kier alpha value is -1.65. The molecule has 0 aliphatic carbocycles. The van der Waals surface area contributed by atoms with Crippen molar-refractivity contribution in [3.63, 3.8) is 0 Å². The third-order valence-electron chi connectivity index (χ3n) is 1.96. The molecule has 5 nitrogen and oxygen atoms in total. The second kappa shape index (κ2) is 3.01. The molecule has 1 aliphatic rings. The Morgan fingerprint density at radius 1 is 1.77 bits per heavy atom. The molecule has 0 spiro atoms. The Kier molecular flexibility index (Phi) is 1.84. The van der Waals surface area contributed by atoms with Crippen molar-refractivity contribution in [2.75, 3.05) is 19.0 Å². The summed E-state index contributed by atoms with van der Waals surface area (Å²) in [7, 11) is 1.34. The fourth-order valence-corrected chi connectivity index (χ4v) is 1.31. The van der Waals surface area contributed by atoms with Crippen LogP contribution < -0.4 is 10.00 Å². The molecule has 13 heavy (non-hydrogen) atoms. The number of fused-ring (bicyclic) bond motifs is 1. The van der Waals surface area contributed by atoms with E-state index >= 15 is 0 Å². The third kappa shape index (κ3) is 1.32. The Bertz CT molecular complexity index is 351. The van der Waals surface area contributed by atoms with Gasteiger partial charge in [-0.25, -0.2) is 0 Å². The second-order valence-corrected chi connectivity index (χ2v) is 2.77. The molecule has 5 heteroatoms. The van der Waals surface area contributed by atoms with Crippen molar-refractivity contribution in [3.8, 4) is 0 Å². The average Bonchev–Trinajstić information content (AvgIpc) is 2.63. The van der Waals surface area contributed by atoms with Gasteiger partial charge in [0.2, 0.25) is 6.20 Å². The summed E-state index contributed by atoms with van der Waals surface area (Å²) in [6.45, 7) is 0.882. The van der Waals surface area contributed by atoms with E-state index in [4.69, 9.17) is 0 Å². The molecule has 2 rings (SSSR count). The lowest BCUT2D eigenvalue weighted by Gasteiger charge is -1.94. The number of hydrogen-bond acceptors (Lipinski definition) is 4. The largest absolute Gasteiger partial charge is 0.628 e. The van der Waals surface area contributed by atoms with Crippen LogP contribution >= 0.6 is 0 Å². The van der Waals surface area contributed by atoms with Gasteiger partial charge in [-0.2, -0.15) is 4.79 Å². The van der Waals surface area contributed by atoms with Crippen LogP contribution in [0.3, 0.4) is 0 Å². The molecule has 0 unspecified atom stereocenters. The van der Waals surface area contributed by atoms with E-state index < -0.39 is 6.09 Å². The Balaban J connectivity index is 2.36. The summed E-state index contributed by atoms with van der Waals surface area (Å²) in [5.74, 6) is 0. The molecule has 1 aromatic rings. The molecular formula is C8H10N3O2+. The van der Waals surface area contributed by atoms with Crippen molar-refractivity contribution in [1.29, 1.82) is 0 Å². The summed E-state index contributed by atoms with van der Waals surface area (Å²) < 4.78 is 5.74. The van der Waals surface area contributed by atoms with E-state index in [0.29, 0.717) is 0 Å². The van der Waals surface area contributed by atoms with E-state index in [1.54, 1.807) is 6.20 Å². The predicted molar refractivity (Wildman–Crippen MR) is 44.4 cm³/mol. The van der Waals surface area contributed by atoms with Crippen LogP contribution in [-0.2, 0) is 11.2 Å². The number of nitrogens with zero attached hydrogens (tertiary/aromatic N) is 2. The molecule has 68 valence electrons. The van der Waals surface area contributed by atoms with Crippen LogP contribution in [0.2, 0.25) is 0 Å². The number of carbonyl (C=O) groups excluding carboxylic acids is 1. The molecule has 1 aromatic heterocycles. The van der Waals surface area contributed by atoms with Crippen molar-refractivity contribution in [1.82, 2.24) is 5.10 Å². The van der Waals surface area contributed by atoms with Crippen LogP contribution in [0, 0.1) is 0 Å². The molecule has 2 heterocycles. The number of hydrogen-bond donors (Lipinski definition) is 1. The first-order valence-electron chi connectivity index (χ1n) is 4.05. The number of methoxy groups -OCH3 is 1. The molecule has 1 aliphatic heterocycles. The Morgan fingerprint density at radius 3 is 3.38 bits per heavy atom. The first-order chi connectivity index (χ1) is 6.31. The number of nitrogens with one attached hydrogen (secondary N) is 1. The number of anilines is 1. The zero-order valence-corrected chi connectivity index (χ0v) is 7.28. The van der Waals surface area contributed by atoms with Crippen molar-refractivity contribution in [2.24, 2.45) is 0 Å². The molecule has 0 atom stereocenters. The maximum atomic E-state index is 11.1. The maximum Gasteiger partial charge on any atom is 0.628 e. The van der Waals surface area contributed by atoms with E-state index in [-0.39, 0.29) is 0 Å². The molecule has 0 saturated carbocycles. The highest BCUT2D eigenvalue weighted by atomic mass is 16.5. The lowest BCUT2D eigenvalue weighted by atomic mass is 10.3. The molecule has 0 fully saturated rings. The summed E-state index contributed by atoms with van der Waals surface area (Å²) >= 11 is 0. The van der Waals surface area contributed by atoms with Crippen LogP contribution in [0.25, 0.3) is 0 Å². The standard InChI is InChI=1S/C8H9N3O2/c1-13-8(12)11-5-3-6-7(10-11)2-4-9-6/h3,5H,2,4H2,1H3/p+1. The normalized spacial score (nSPS) is 13.3.